The van der Waals surface area contributed by atoms with E-state index in [9.17, 15) is 0 Å². The van der Waals surface area contributed by atoms with Gasteiger partial charge in [0, 0.05) is 39.4 Å². The second-order valence-corrected chi connectivity index (χ2v) is 11.2. The Kier molecular flexibility index (Phi) is 5.50. The maximum absolute atomic E-state index is 6.42. The highest BCUT2D eigenvalue weighted by atomic mass is 16.3. The Morgan fingerprint density at radius 3 is 1.68 bits per heavy atom. The normalized spacial score (nSPS) is 11.6. The van der Waals surface area contributed by atoms with Gasteiger partial charge in [0.25, 0.3) is 0 Å². The molecule has 0 aliphatic heterocycles. The molecule has 0 aliphatic rings. The van der Waals surface area contributed by atoms with E-state index < -0.39 is 0 Å². The van der Waals surface area contributed by atoms with Gasteiger partial charge in [-0.2, -0.15) is 0 Å². The Morgan fingerprint density at radius 1 is 0.318 bits per heavy atom. The van der Waals surface area contributed by atoms with Crippen molar-refractivity contribution in [3.63, 3.8) is 0 Å². The van der Waals surface area contributed by atoms with Gasteiger partial charge in [-0.25, -0.2) is 0 Å². The highest BCUT2D eigenvalue weighted by Gasteiger charge is 2.15. The van der Waals surface area contributed by atoms with Crippen molar-refractivity contribution in [2.45, 2.75) is 0 Å². The van der Waals surface area contributed by atoms with E-state index in [1.165, 1.54) is 11.1 Å². The first-order valence-corrected chi connectivity index (χ1v) is 14.8. The lowest BCUT2D eigenvalue weighted by molar-refractivity contribution is 0.656. The van der Waals surface area contributed by atoms with E-state index in [1.54, 1.807) is 0 Å². The molecule has 0 unspecified atom stereocenters. The van der Waals surface area contributed by atoms with Crippen molar-refractivity contribution < 1.29 is 8.83 Å². The molecule has 0 atom stereocenters. The van der Waals surface area contributed by atoms with Gasteiger partial charge in [0.15, 0.2) is 0 Å². The van der Waals surface area contributed by atoms with Crippen LogP contribution in [-0.4, -0.2) is 4.98 Å². The molecule has 0 saturated heterocycles. The Balaban J connectivity index is 1.13. The molecule has 0 N–H and O–H groups in total. The first-order valence-electron chi connectivity index (χ1n) is 14.8. The van der Waals surface area contributed by atoms with Crippen LogP contribution in [0, 0.1) is 0 Å². The quantitative estimate of drug-likeness (QED) is 0.214. The van der Waals surface area contributed by atoms with Crippen molar-refractivity contribution in [1.29, 1.82) is 0 Å². The summed E-state index contributed by atoms with van der Waals surface area (Å²) in [6.45, 7) is 0. The minimum absolute atomic E-state index is 0.821. The molecule has 44 heavy (non-hydrogen) atoms. The third-order valence-corrected chi connectivity index (χ3v) is 8.52. The van der Waals surface area contributed by atoms with Crippen molar-refractivity contribution in [2.75, 3.05) is 0 Å². The molecule has 0 fully saturated rings. The summed E-state index contributed by atoms with van der Waals surface area (Å²) in [6.07, 6.45) is 1.83. The zero-order valence-corrected chi connectivity index (χ0v) is 23.7. The summed E-state index contributed by atoms with van der Waals surface area (Å²) >= 11 is 0. The molecule has 0 aliphatic carbocycles. The van der Waals surface area contributed by atoms with E-state index in [0.29, 0.717) is 0 Å². The van der Waals surface area contributed by atoms with E-state index >= 15 is 0 Å². The number of hydrogen-bond acceptors (Lipinski definition) is 3. The molecule has 0 bridgehead atoms. The van der Waals surface area contributed by atoms with Gasteiger partial charge < -0.3 is 8.83 Å². The fourth-order valence-electron chi connectivity index (χ4n) is 6.31. The van der Waals surface area contributed by atoms with Crippen LogP contribution in [0.1, 0.15) is 0 Å². The third-order valence-electron chi connectivity index (χ3n) is 8.52. The van der Waals surface area contributed by atoms with Crippen LogP contribution in [0.3, 0.4) is 0 Å². The average Bonchev–Trinajstić information content (AvgIpc) is 3.64. The Hall–Kier alpha value is -5.93. The number of pyridine rings is 1. The lowest BCUT2D eigenvalue weighted by atomic mass is 9.98. The minimum atomic E-state index is 0.821. The summed E-state index contributed by atoms with van der Waals surface area (Å²) in [5, 5.41) is 4.35. The fourth-order valence-corrected chi connectivity index (χ4v) is 6.31. The van der Waals surface area contributed by atoms with Crippen LogP contribution in [0.5, 0.6) is 0 Å². The Bertz CT molecular complexity index is 2490. The summed E-state index contributed by atoms with van der Waals surface area (Å²) in [4.78, 5) is 4.53. The molecule has 3 heteroatoms. The number of nitrogens with zero attached hydrogens (tertiary/aromatic N) is 1. The molecule has 3 heterocycles. The minimum Gasteiger partial charge on any atom is -0.456 e. The van der Waals surface area contributed by atoms with E-state index in [2.05, 4.69) is 120 Å². The van der Waals surface area contributed by atoms with E-state index in [-0.39, 0.29) is 0 Å². The van der Waals surface area contributed by atoms with Gasteiger partial charge in [-0.15, -0.1) is 0 Å². The van der Waals surface area contributed by atoms with Gasteiger partial charge in [-0.3, -0.25) is 4.98 Å². The van der Waals surface area contributed by atoms with Crippen LogP contribution in [0.15, 0.2) is 161 Å². The average molecular weight is 564 g/mol. The molecule has 3 nitrogen and oxygen atoms in total. The Labute approximate surface area is 253 Å². The van der Waals surface area contributed by atoms with E-state index in [0.717, 1.165) is 77.4 Å². The summed E-state index contributed by atoms with van der Waals surface area (Å²) < 4.78 is 12.7. The number of benzene rings is 6. The van der Waals surface area contributed by atoms with E-state index in [4.69, 9.17) is 8.83 Å². The number of fused-ring (bicyclic) bond motifs is 6. The van der Waals surface area contributed by atoms with Crippen molar-refractivity contribution in [1.82, 2.24) is 4.98 Å². The zero-order chi connectivity index (χ0) is 29.0. The standard InChI is InChI=1S/C41H25NO2/c1-2-8-26(9-3-1)27-10-6-11-28(20-27)31-15-17-33-35-24-36-34-22-30(29-12-7-13-32(21-29)37-14-4-5-19-42-37)16-18-38(34)43-41(36)25-40(35)44-39(33)23-31/h1-25H. The van der Waals surface area contributed by atoms with Gasteiger partial charge >= 0.3 is 0 Å². The Morgan fingerprint density at radius 2 is 0.886 bits per heavy atom. The van der Waals surface area contributed by atoms with Gasteiger partial charge in [0.1, 0.15) is 22.3 Å². The monoisotopic (exact) mass is 563 g/mol. The van der Waals surface area contributed by atoms with Crippen LogP contribution >= 0.6 is 0 Å². The van der Waals surface area contributed by atoms with Gasteiger partial charge in [0.2, 0.25) is 0 Å². The predicted molar refractivity (Wildman–Crippen MR) is 181 cm³/mol. The second kappa shape index (κ2) is 9.82. The van der Waals surface area contributed by atoms with Crippen molar-refractivity contribution >= 4 is 43.9 Å². The molecular formula is C41H25NO2. The molecule has 9 aromatic rings. The molecule has 9 rings (SSSR count). The molecule has 6 aromatic carbocycles. The summed E-state index contributed by atoms with van der Waals surface area (Å²) in [6, 6.07) is 50.8. The first-order chi connectivity index (χ1) is 21.8. The lowest BCUT2D eigenvalue weighted by Crippen LogP contribution is -1.84. The largest absolute Gasteiger partial charge is 0.456 e. The predicted octanol–water partition coefficient (Wildman–Crippen LogP) is 11.5. The topological polar surface area (TPSA) is 39.2 Å². The van der Waals surface area contributed by atoms with Crippen molar-refractivity contribution in [3.05, 3.63) is 152 Å². The highest BCUT2D eigenvalue weighted by Crippen LogP contribution is 2.39. The lowest BCUT2D eigenvalue weighted by Gasteiger charge is -2.06. The fraction of sp³-hybridized carbons (Fsp3) is 0. The molecule has 206 valence electrons. The van der Waals surface area contributed by atoms with Crippen LogP contribution in [0.2, 0.25) is 0 Å². The third kappa shape index (κ3) is 4.10. The smallest absolute Gasteiger partial charge is 0.139 e. The van der Waals surface area contributed by atoms with Gasteiger partial charge in [-0.1, -0.05) is 84.9 Å². The molecule has 0 radical (unpaired) electrons. The molecular weight excluding hydrogens is 538 g/mol. The molecule has 3 aromatic heterocycles. The van der Waals surface area contributed by atoms with Crippen LogP contribution in [0.4, 0.5) is 0 Å². The van der Waals surface area contributed by atoms with Crippen LogP contribution in [0.25, 0.3) is 88.5 Å². The summed E-state index contributed by atoms with van der Waals surface area (Å²) in [5.41, 5.74) is 12.4. The second-order valence-electron chi connectivity index (χ2n) is 11.2. The number of furan rings is 2. The molecule has 0 amide bonds. The number of rotatable bonds is 4. The molecule has 0 spiro atoms. The van der Waals surface area contributed by atoms with Gasteiger partial charge in [0.05, 0.1) is 5.69 Å². The van der Waals surface area contributed by atoms with E-state index in [1.807, 2.05) is 36.5 Å². The maximum atomic E-state index is 6.42. The maximum Gasteiger partial charge on any atom is 0.139 e. The van der Waals surface area contributed by atoms with Crippen molar-refractivity contribution in [3.8, 4) is 44.6 Å². The number of aromatic nitrogens is 1. The summed E-state index contributed by atoms with van der Waals surface area (Å²) in [7, 11) is 0. The highest BCUT2D eigenvalue weighted by molar-refractivity contribution is 6.16. The SMILES string of the molecule is c1ccc(-c2cccc(-c3ccc4c(c3)oc3cc5oc6ccc(-c7cccc(-c8ccccn8)c7)cc6c5cc34)c2)cc1. The van der Waals surface area contributed by atoms with Gasteiger partial charge in [-0.05, 0) is 88.0 Å². The molecule has 0 saturated carbocycles. The zero-order valence-electron chi connectivity index (χ0n) is 23.7. The number of hydrogen-bond donors (Lipinski definition) is 0. The van der Waals surface area contributed by atoms with Crippen LogP contribution in [-0.2, 0) is 0 Å². The first kappa shape index (κ1) is 24.6. The van der Waals surface area contributed by atoms with Crippen LogP contribution < -0.4 is 0 Å². The summed E-state index contributed by atoms with van der Waals surface area (Å²) in [5.74, 6) is 0. The van der Waals surface area contributed by atoms with Crippen molar-refractivity contribution in [2.24, 2.45) is 0 Å².